The Morgan fingerprint density at radius 3 is 0.912 bits per heavy atom. The highest BCUT2D eigenvalue weighted by atomic mass is 14.9. The summed E-state index contributed by atoms with van der Waals surface area (Å²) in [6.45, 7) is 42.7. The van der Waals surface area contributed by atoms with Crippen LogP contribution in [-0.4, -0.2) is 78.5 Å². The second-order valence-electron chi connectivity index (χ2n) is 21.0. The van der Waals surface area contributed by atoms with Crippen LogP contribution < -0.4 is 31.9 Å². The summed E-state index contributed by atoms with van der Waals surface area (Å²) in [6.07, 6.45) is 28.9. The van der Waals surface area contributed by atoms with Gasteiger partial charge in [-0.3, -0.25) is 0 Å². The zero-order valence-electron chi connectivity index (χ0n) is 41.3. The molecule has 6 fully saturated rings. The van der Waals surface area contributed by atoms with Crippen molar-refractivity contribution in [2.45, 2.75) is 218 Å². The van der Waals surface area contributed by atoms with Crippen molar-refractivity contribution in [2.75, 3.05) is 78.5 Å². The highest BCUT2D eigenvalue weighted by Crippen LogP contribution is 2.36. The fraction of sp³-hybridized carbons (Fsp3) is 1.00. The number of rotatable bonds is 15. The van der Waals surface area contributed by atoms with E-state index in [1.165, 1.54) is 213 Å². The van der Waals surface area contributed by atoms with Gasteiger partial charge in [-0.05, 0) is 168 Å². The molecule has 0 aliphatic carbocycles. The average molecular weight is 805 g/mol. The lowest BCUT2D eigenvalue weighted by atomic mass is 9.80. The van der Waals surface area contributed by atoms with Crippen LogP contribution in [0.4, 0.5) is 0 Å². The first-order chi connectivity index (χ1) is 27.3. The van der Waals surface area contributed by atoms with E-state index >= 15 is 0 Å². The predicted octanol–water partition coefficient (Wildman–Crippen LogP) is 11.9. The first kappa shape index (κ1) is 54.8. The third-order valence-corrected chi connectivity index (χ3v) is 16.0. The molecule has 0 bridgehead atoms. The minimum Gasteiger partial charge on any atom is -0.316 e. The molecule has 6 N–H and O–H groups in total. The molecule has 5 unspecified atom stereocenters. The van der Waals surface area contributed by atoms with Gasteiger partial charge in [0, 0.05) is 39.3 Å². The molecule has 0 spiro atoms. The summed E-state index contributed by atoms with van der Waals surface area (Å²) in [4.78, 5) is 0. The number of unbranched alkanes of at least 4 members (excludes halogenated alkanes) is 2. The van der Waals surface area contributed by atoms with Crippen molar-refractivity contribution in [1.29, 1.82) is 0 Å². The van der Waals surface area contributed by atoms with E-state index in [0.717, 1.165) is 0 Å². The molecule has 6 nitrogen and oxygen atoms in total. The van der Waals surface area contributed by atoms with Gasteiger partial charge < -0.3 is 31.9 Å². The molecule has 6 rings (SSSR count). The van der Waals surface area contributed by atoms with Gasteiger partial charge in [0.1, 0.15) is 0 Å². The molecule has 0 radical (unpaired) electrons. The first-order valence-electron chi connectivity index (χ1n) is 25.5. The summed E-state index contributed by atoms with van der Waals surface area (Å²) >= 11 is 0. The van der Waals surface area contributed by atoms with E-state index in [0.29, 0.717) is 32.5 Å². The van der Waals surface area contributed by atoms with Crippen molar-refractivity contribution >= 4 is 0 Å². The molecular formula is C51H108N6. The normalized spacial score (nSPS) is 32.4. The van der Waals surface area contributed by atoms with Gasteiger partial charge in [-0.25, -0.2) is 0 Å². The summed E-state index contributed by atoms with van der Waals surface area (Å²) < 4.78 is 0. The molecule has 6 heteroatoms. The Bertz CT molecular complexity index is 908. The summed E-state index contributed by atoms with van der Waals surface area (Å²) in [6, 6.07) is 0. The molecular weight excluding hydrogens is 697 g/mol. The highest BCUT2D eigenvalue weighted by Gasteiger charge is 2.32. The Balaban J connectivity index is 0.000000343. The zero-order valence-corrected chi connectivity index (χ0v) is 41.3. The minimum atomic E-state index is 0.625. The standard InChI is InChI=1S/C10H21N.2C9H19N.2C8H17N.C7H15N/c1-3-5-6-10(4-2)7-8-11-9-10;1-3-4-5-9(2)6-7-10-8-9;1-3-5-9(4-2)6-7-10-8-9;1-3-4-8(2)5-6-9-7-8;1-3-8(4-2)5-6-9-7-8;1-3-7(2)4-5-8-6-7/h11H,3-9H2,1-2H3;2*10H,3-8H2,1-2H3;2*9H,3-7H2,1-2H3;8H,3-6H2,1-2H3. The van der Waals surface area contributed by atoms with E-state index in [2.05, 4.69) is 115 Å². The van der Waals surface area contributed by atoms with Crippen LogP contribution in [0.15, 0.2) is 0 Å². The lowest BCUT2D eigenvalue weighted by Gasteiger charge is -2.26. The Kier molecular flexibility index (Phi) is 28.8. The molecule has 0 aromatic rings. The van der Waals surface area contributed by atoms with Crippen molar-refractivity contribution in [1.82, 2.24) is 31.9 Å². The molecule has 0 amide bonds. The fourth-order valence-corrected chi connectivity index (χ4v) is 10.2. The third kappa shape index (κ3) is 21.4. The average Bonchev–Trinajstić information content (AvgIpc) is 4.09. The van der Waals surface area contributed by atoms with E-state index < -0.39 is 0 Å². The van der Waals surface area contributed by atoms with Gasteiger partial charge in [0.05, 0.1) is 0 Å². The second kappa shape index (κ2) is 29.9. The van der Waals surface area contributed by atoms with E-state index in [-0.39, 0.29) is 0 Å². The molecule has 6 saturated heterocycles. The highest BCUT2D eigenvalue weighted by molar-refractivity contribution is 4.88. The number of hydrogen-bond acceptors (Lipinski definition) is 6. The largest absolute Gasteiger partial charge is 0.316 e. The van der Waals surface area contributed by atoms with Gasteiger partial charge >= 0.3 is 0 Å². The smallest absolute Gasteiger partial charge is 0.000818 e. The summed E-state index contributed by atoms with van der Waals surface area (Å²) in [5.41, 5.74) is 3.91. The topological polar surface area (TPSA) is 72.2 Å². The maximum atomic E-state index is 3.47. The van der Waals surface area contributed by atoms with Crippen LogP contribution in [0.1, 0.15) is 218 Å². The molecule has 0 aromatic heterocycles. The number of nitrogens with one attached hydrogen (secondary N) is 6. The summed E-state index contributed by atoms with van der Waals surface area (Å²) in [5.74, 6) is 0. The van der Waals surface area contributed by atoms with Gasteiger partial charge in [0.25, 0.3) is 0 Å². The lowest BCUT2D eigenvalue weighted by molar-refractivity contribution is 0.275. The van der Waals surface area contributed by atoms with E-state index in [1.54, 1.807) is 0 Å². The molecule has 342 valence electrons. The molecule has 6 heterocycles. The van der Waals surface area contributed by atoms with Gasteiger partial charge in [-0.1, -0.05) is 122 Å². The monoisotopic (exact) mass is 805 g/mol. The Morgan fingerprint density at radius 2 is 0.632 bits per heavy atom. The summed E-state index contributed by atoms with van der Waals surface area (Å²) in [7, 11) is 0. The van der Waals surface area contributed by atoms with Crippen molar-refractivity contribution in [2.24, 2.45) is 32.5 Å². The van der Waals surface area contributed by atoms with Gasteiger partial charge in [-0.15, -0.1) is 0 Å². The van der Waals surface area contributed by atoms with E-state index in [9.17, 15) is 0 Å². The first-order valence-corrected chi connectivity index (χ1v) is 25.5. The Hall–Kier alpha value is -0.240. The SMILES string of the molecule is CCC1(C)CCNC1.CCC1(CC)CCNC1.CCCC1(C)CCNC1.CCCC1(CC)CCNC1.CCCCC1(C)CCNC1.CCCCC1(CC)CCNC1. The zero-order chi connectivity index (χ0) is 42.6. The van der Waals surface area contributed by atoms with Crippen LogP contribution in [0.3, 0.4) is 0 Å². The van der Waals surface area contributed by atoms with Crippen LogP contribution in [0.5, 0.6) is 0 Å². The third-order valence-electron chi connectivity index (χ3n) is 16.0. The van der Waals surface area contributed by atoms with E-state index in [4.69, 9.17) is 0 Å². The van der Waals surface area contributed by atoms with Gasteiger partial charge in [0.2, 0.25) is 0 Å². The van der Waals surface area contributed by atoms with Gasteiger partial charge in [-0.2, -0.15) is 0 Å². The minimum absolute atomic E-state index is 0.625. The van der Waals surface area contributed by atoms with Crippen LogP contribution >= 0.6 is 0 Å². The fourth-order valence-electron chi connectivity index (χ4n) is 10.2. The van der Waals surface area contributed by atoms with Crippen molar-refractivity contribution in [3.63, 3.8) is 0 Å². The van der Waals surface area contributed by atoms with Gasteiger partial charge in [0.15, 0.2) is 0 Å². The van der Waals surface area contributed by atoms with Crippen LogP contribution in [0.25, 0.3) is 0 Å². The van der Waals surface area contributed by atoms with Crippen molar-refractivity contribution in [3.05, 3.63) is 0 Å². The molecule has 6 aliphatic heterocycles. The van der Waals surface area contributed by atoms with Crippen LogP contribution in [0, 0.1) is 32.5 Å². The maximum absolute atomic E-state index is 3.47. The van der Waals surface area contributed by atoms with E-state index in [1.807, 2.05) is 0 Å². The Labute approximate surface area is 359 Å². The second-order valence-corrected chi connectivity index (χ2v) is 21.0. The Morgan fingerprint density at radius 1 is 0.298 bits per heavy atom. The van der Waals surface area contributed by atoms with Crippen LogP contribution in [0.2, 0.25) is 0 Å². The molecule has 57 heavy (non-hydrogen) atoms. The van der Waals surface area contributed by atoms with Crippen LogP contribution in [-0.2, 0) is 0 Å². The quantitative estimate of drug-likeness (QED) is 0.0991. The van der Waals surface area contributed by atoms with Crippen molar-refractivity contribution in [3.8, 4) is 0 Å². The molecule has 5 atom stereocenters. The lowest BCUT2D eigenvalue weighted by Crippen LogP contribution is -2.22. The number of hydrogen-bond donors (Lipinski definition) is 6. The maximum Gasteiger partial charge on any atom is 0.000818 e. The molecule has 0 aromatic carbocycles. The molecule has 6 aliphatic rings. The molecule has 0 saturated carbocycles. The predicted molar refractivity (Wildman–Crippen MR) is 257 cm³/mol. The summed E-state index contributed by atoms with van der Waals surface area (Å²) in [5, 5.41) is 20.5. The van der Waals surface area contributed by atoms with Crippen molar-refractivity contribution < 1.29 is 0 Å².